The van der Waals surface area contributed by atoms with E-state index in [1.54, 1.807) is 0 Å². The van der Waals surface area contributed by atoms with E-state index in [2.05, 4.69) is 5.32 Å². The molecule has 0 aliphatic heterocycles. The highest BCUT2D eigenvalue weighted by molar-refractivity contribution is 5.85. The summed E-state index contributed by atoms with van der Waals surface area (Å²) in [7, 11) is 0. The van der Waals surface area contributed by atoms with Crippen molar-refractivity contribution in [2.24, 2.45) is 17.6 Å². The Hall–Kier alpha value is -1.75. The summed E-state index contributed by atoms with van der Waals surface area (Å²) in [5, 5.41) is 10.0. The molecule has 0 heterocycles. The first kappa shape index (κ1) is 18.3. The Morgan fingerprint density at radius 1 is 1.32 bits per heavy atom. The minimum absolute atomic E-state index is 0. The number of benzene rings is 1. The van der Waals surface area contributed by atoms with Crippen molar-refractivity contribution in [3.63, 3.8) is 0 Å². The Labute approximate surface area is 137 Å². The quantitative estimate of drug-likeness (QED) is 0.343. The van der Waals surface area contributed by atoms with Crippen molar-refractivity contribution in [1.29, 1.82) is 5.41 Å². The summed E-state index contributed by atoms with van der Waals surface area (Å²) in [4.78, 5) is 12.2. The lowest BCUT2D eigenvalue weighted by molar-refractivity contribution is -0.140. The van der Waals surface area contributed by atoms with Gasteiger partial charge in [0, 0.05) is 6.54 Å². The highest BCUT2D eigenvalue weighted by Crippen LogP contribution is 2.30. The topological polar surface area (TPSA) is 88.2 Å². The fourth-order valence-electron chi connectivity index (χ4n) is 2.72. The van der Waals surface area contributed by atoms with Gasteiger partial charge < -0.3 is 15.8 Å². The predicted octanol–water partition coefficient (Wildman–Crippen LogP) is 2.61. The molecule has 0 bridgehead atoms. The standard InChI is InChI=1S/C16H23N3O2.ClH/c1-11-4-2-3-5-14(11)21-15(20)13-8-6-12(7-9-13)10-19-16(17)18;/h2-5,12-13H,6-10H2,1H3,(H4,17,18,19);1H. The molecule has 2 rings (SSSR count). The van der Waals surface area contributed by atoms with Crippen LogP contribution in [-0.4, -0.2) is 18.5 Å². The van der Waals surface area contributed by atoms with Crippen LogP contribution in [0.1, 0.15) is 31.2 Å². The Kier molecular flexibility index (Phi) is 7.18. The van der Waals surface area contributed by atoms with Crippen molar-refractivity contribution >= 4 is 24.3 Å². The molecule has 1 aromatic rings. The molecule has 0 saturated heterocycles. The van der Waals surface area contributed by atoms with Gasteiger partial charge in [-0.25, -0.2) is 0 Å². The van der Waals surface area contributed by atoms with Gasteiger partial charge >= 0.3 is 5.97 Å². The third kappa shape index (κ3) is 5.22. The Morgan fingerprint density at radius 2 is 1.95 bits per heavy atom. The van der Waals surface area contributed by atoms with Crippen molar-refractivity contribution < 1.29 is 9.53 Å². The monoisotopic (exact) mass is 325 g/mol. The first-order chi connectivity index (χ1) is 10.1. The summed E-state index contributed by atoms with van der Waals surface area (Å²) in [6.07, 6.45) is 3.62. The Bertz CT molecular complexity index is 514. The average Bonchev–Trinajstić information content (AvgIpc) is 2.48. The first-order valence-electron chi connectivity index (χ1n) is 7.41. The summed E-state index contributed by atoms with van der Waals surface area (Å²) in [5.41, 5.74) is 6.26. The number of carbonyl (C=O) groups excluding carboxylic acids is 1. The van der Waals surface area contributed by atoms with Gasteiger partial charge in [0.15, 0.2) is 5.96 Å². The number of rotatable bonds is 4. The largest absolute Gasteiger partial charge is 0.426 e. The van der Waals surface area contributed by atoms with Crippen LogP contribution in [0.15, 0.2) is 24.3 Å². The number of hydrogen-bond donors (Lipinski definition) is 3. The molecule has 5 nitrogen and oxygen atoms in total. The van der Waals surface area contributed by atoms with E-state index in [1.807, 2.05) is 31.2 Å². The molecule has 4 N–H and O–H groups in total. The molecule has 1 aromatic carbocycles. The molecule has 0 spiro atoms. The van der Waals surface area contributed by atoms with Gasteiger partial charge in [-0.1, -0.05) is 18.2 Å². The first-order valence-corrected chi connectivity index (χ1v) is 7.41. The van der Waals surface area contributed by atoms with Crippen molar-refractivity contribution in [2.75, 3.05) is 6.54 Å². The fourth-order valence-corrected chi connectivity index (χ4v) is 2.72. The highest BCUT2D eigenvalue weighted by Gasteiger charge is 2.27. The van der Waals surface area contributed by atoms with Crippen LogP contribution in [0.3, 0.4) is 0 Å². The molecular weight excluding hydrogens is 302 g/mol. The van der Waals surface area contributed by atoms with E-state index in [1.165, 1.54) is 0 Å². The average molecular weight is 326 g/mol. The number of aryl methyl sites for hydroxylation is 1. The summed E-state index contributed by atoms with van der Waals surface area (Å²) in [6.45, 7) is 2.65. The molecule has 1 fully saturated rings. The van der Waals surface area contributed by atoms with Crippen LogP contribution in [0.5, 0.6) is 5.75 Å². The van der Waals surface area contributed by atoms with Gasteiger partial charge in [-0.3, -0.25) is 10.2 Å². The van der Waals surface area contributed by atoms with Crippen LogP contribution >= 0.6 is 12.4 Å². The van der Waals surface area contributed by atoms with Gasteiger partial charge in [-0.2, -0.15) is 0 Å². The molecule has 22 heavy (non-hydrogen) atoms. The summed E-state index contributed by atoms with van der Waals surface area (Å²) in [5.74, 6) is 1.01. The maximum absolute atomic E-state index is 12.2. The van der Waals surface area contributed by atoms with Gasteiger partial charge in [0.2, 0.25) is 0 Å². The molecule has 1 aliphatic carbocycles. The van der Waals surface area contributed by atoms with Crippen LogP contribution in [0.4, 0.5) is 0 Å². The molecule has 0 aromatic heterocycles. The van der Waals surface area contributed by atoms with E-state index >= 15 is 0 Å². The van der Waals surface area contributed by atoms with E-state index in [4.69, 9.17) is 15.9 Å². The van der Waals surface area contributed by atoms with Crippen LogP contribution in [0, 0.1) is 24.2 Å². The van der Waals surface area contributed by atoms with Crippen LogP contribution in [0.25, 0.3) is 0 Å². The smallest absolute Gasteiger partial charge is 0.314 e. The predicted molar refractivity (Wildman–Crippen MR) is 89.4 cm³/mol. The molecule has 0 radical (unpaired) electrons. The van der Waals surface area contributed by atoms with Gasteiger partial charge in [0.1, 0.15) is 5.75 Å². The SMILES string of the molecule is Cc1ccccc1OC(=O)C1CCC(CNC(=N)N)CC1.Cl. The van der Waals surface area contributed by atoms with Gasteiger partial charge in [-0.15, -0.1) is 12.4 Å². The zero-order valence-electron chi connectivity index (χ0n) is 12.8. The minimum Gasteiger partial charge on any atom is -0.426 e. The normalized spacial score (nSPS) is 20.6. The van der Waals surface area contributed by atoms with Crippen molar-refractivity contribution in [1.82, 2.24) is 5.32 Å². The summed E-state index contributed by atoms with van der Waals surface area (Å²) < 4.78 is 5.51. The Morgan fingerprint density at radius 3 is 2.55 bits per heavy atom. The molecule has 6 heteroatoms. The lowest BCUT2D eigenvalue weighted by Crippen LogP contribution is -2.36. The third-order valence-electron chi connectivity index (χ3n) is 4.07. The number of para-hydroxylation sites is 1. The molecular formula is C16H24ClN3O2. The third-order valence-corrected chi connectivity index (χ3v) is 4.07. The van der Waals surface area contributed by atoms with Crippen LogP contribution in [0.2, 0.25) is 0 Å². The lowest BCUT2D eigenvalue weighted by Gasteiger charge is -2.27. The Balaban J connectivity index is 0.00000242. The van der Waals surface area contributed by atoms with E-state index in [0.29, 0.717) is 11.7 Å². The van der Waals surface area contributed by atoms with E-state index < -0.39 is 0 Å². The van der Waals surface area contributed by atoms with Crippen LogP contribution in [-0.2, 0) is 4.79 Å². The lowest BCUT2D eigenvalue weighted by atomic mass is 9.82. The molecule has 0 unspecified atom stereocenters. The minimum atomic E-state index is -0.123. The second kappa shape index (κ2) is 8.63. The molecule has 0 amide bonds. The van der Waals surface area contributed by atoms with Crippen molar-refractivity contribution in [3.8, 4) is 5.75 Å². The number of halogens is 1. The molecule has 0 atom stereocenters. The number of guanidine groups is 1. The number of esters is 1. The van der Waals surface area contributed by atoms with E-state index in [0.717, 1.165) is 37.8 Å². The number of ether oxygens (including phenoxy) is 1. The number of nitrogens with one attached hydrogen (secondary N) is 2. The second-order valence-electron chi connectivity index (χ2n) is 5.70. The highest BCUT2D eigenvalue weighted by atomic mass is 35.5. The van der Waals surface area contributed by atoms with E-state index in [-0.39, 0.29) is 30.3 Å². The fraction of sp³-hybridized carbons (Fsp3) is 0.500. The van der Waals surface area contributed by atoms with E-state index in [9.17, 15) is 4.79 Å². The summed E-state index contributed by atoms with van der Waals surface area (Å²) >= 11 is 0. The van der Waals surface area contributed by atoms with Crippen molar-refractivity contribution in [2.45, 2.75) is 32.6 Å². The number of carbonyl (C=O) groups is 1. The number of nitrogens with two attached hydrogens (primary N) is 1. The number of hydrogen-bond acceptors (Lipinski definition) is 3. The van der Waals surface area contributed by atoms with Crippen LogP contribution < -0.4 is 15.8 Å². The molecule has 122 valence electrons. The van der Waals surface area contributed by atoms with Gasteiger partial charge in [-0.05, 0) is 50.2 Å². The van der Waals surface area contributed by atoms with Gasteiger partial charge in [0.05, 0.1) is 5.92 Å². The molecule has 1 aliphatic rings. The van der Waals surface area contributed by atoms with Crippen molar-refractivity contribution in [3.05, 3.63) is 29.8 Å². The maximum Gasteiger partial charge on any atom is 0.314 e. The zero-order valence-corrected chi connectivity index (χ0v) is 13.6. The maximum atomic E-state index is 12.2. The molecule has 1 saturated carbocycles. The zero-order chi connectivity index (χ0) is 15.2. The van der Waals surface area contributed by atoms with Gasteiger partial charge in [0.25, 0.3) is 0 Å². The second-order valence-corrected chi connectivity index (χ2v) is 5.70. The summed E-state index contributed by atoms with van der Waals surface area (Å²) in [6, 6.07) is 7.57.